The molecule has 0 aliphatic rings. The van der Waals surface area contributed by atoms with Crippen LogP contribution in [0.5, 0.6) is 0 Å². The van der Waals surface area contributed by atoms with Crippen molar-refractivity contribution in [3.8, 4) is 12.3 Å². The summed E-state index contributed by atoms with van der Waals surface area (Å²) in [6.45, 7) is 0. The van der Waals surface area contributed by atoms with Gasteiger partial charge in [0.1, 0.15) is 0 Å². The third-order valence-electron chi connectivity index (χ3n) is 1.55. The molecular weight excluding hydrogens is 152 g/mol. The second-order valence-corrected chi connectivity index (χ2v) is 2.43. The Morgan fingerprint density at radius 2 is 2.42 bits per heavy atom. The molecule has 62 valence electrons. The Bertz CT molecular complexity index is 266. The molecule has 0 aliphatic carbocycles. The first-order chi connectivity index (χ1) is 5.84. The van der Waals surface area contributed by atoms with Gasteiger partial charge in [0, 0.05) is 18.2 Å². The normalized spacial score (nSPS) is 12.0. The van der Waals surface area contributed by atoms with E-state index in [9.17, 15) is 5.11 Å². The molecule has 1 aromatic heterocycles. The van der Waals surface area contributed by atoms with Crippen LogP contribution < -0.4 is 0 Å². The van der Waals surface area contributed by atoms with E-state index in [1.807, 2.05) is 0 Å². The molecule has 3 nitrogen and oxygen atoms in total. The molecule has 0 spiro atoms. The van der Waals surface area contributed by atoms with E-state index in [1.165, 1.54) is 0 Å². The van der Waals surface area contributed by atoms with Gasteiger partial charge in [-0.2, -0.15) is 10.2 Å². The highest BCUT2D eigenvalue weighted by atomic mass is 16.3. The fraction of sp³-hybridized carbons (Fsp3) is 0.333. The molecule has 1 heterocycles. The molecule has 0 bridgehead atoms. The summed E-state index contributed by atoms with van der Waals surface area (Å²) in [5.41, 5.74) is 0.764. The maximum Gasteiger partial charge on any atom is 0.0815 e. The van der Waals surface area contributed by atoms with Crippen molar-refractivity contribution in [3.05, 3.63) is 24.0 Å². The van der Waals surface area contributed by atoms with Gasteiger partial charge in [0.05, 0.1) is 12.3 Å². The standard InChI is InChI=1S/C9H10N2O/c1-2-3-4-9(12)8-5-6-10-11-7-8/h1,5-7,9,12H,3-4H2. The fourth-order valence-corrected chi connectivity index (χ4v) is 0.885. The van der Waals surface area contributed by atoms with E-state index in [-0.39, 0.29) is 0 Å². The third kappa shape index (κ3) is 2.33. The molecule has 1 N–H and O–H groups in total. The van der Waals surface area contributed by atoms with Gasteiger partial charge >= 0.3 is 0 Å². The predicted octanol–water partition coefficient (Wildman–Crippen LogP) is 0.923. The van der Waals surface area contributed by atoms with Crippen LogP contribution in [-0.4, -0.2) is 15.3 Å². The van der Waals surface area contributed by atoms with Crippen molar-refractivity contribution >= 4 is 0 Å². The lowest BCUT2D eigenvalue weighted by molar-refractivity contribution is 0.169. The van der Waals surface area contributed by atoms with E-state index in [0.717, 1.165) is 5.56 Å². The van der Waals surface area contributed by atoms with Crippen molar-refractivity contribution in [1.29, 1.82) is 0 Å². The molecule has 0 amide bonds. The van der Waals surface area contributed by atoms with E-state index in [4.69, 9.17) is 6.42 Å². The maximum absolute atomic E-state index is 9.49. The Morgan fingerprint density at radius 3 is 3.00 bits per heavy atom. The van der Waals surface area contributed by atoms with Crippen LogP contribution in [0.3, 0.4) is 0 Å². The highest BCUT2D eigenvalue weighted by molar-refractivity contribution is 5.09. The van der Waals surface area contributed by atoms with Crippen molar-refractivity contribution in [2.24, 2.45) is 0 Å². The summed E-state index contributed by atoms with van der Waals surface area (Å²) in [6.07, 6.45) is 8.79. The van der Waals surface area contributed by atoms with Crippen LogP contribution in [-0.2, 0) is 0 Å². The largest absolute Gasteiger partial charge is 0.388 e. The molecular formula is C9H10N2O. The van der Waals surface area contributed by atoms with Gasteiger partial charge in [0.25, 0.3) is 0 Å². The molecule has 1 aromatic rings. The van der Waals surface area contributed by atoms with Gasteiger partial charge in [-0.1, -0.05) is 0 Å². The van der Waals surface area contributed by atoms with E-state index in [0.29, 0.717) is 12.8 Å². The molecule has 1 rings (SSSR count). The molecule has 0 radical (unpaired) electrons. The Morgan fingerprint density at radius 1 is 1.58 bits per heavy atom. The zero-order valence-corrected chi connectivity index (χ0v) is 6.64. The molecule has 0 aromatic carbocycles. The Labute approximate surface area is 71.5 Å². The summed E-state index contributed by atoms with van der Waals surface area (Å²) in [4.78, 5) is 0. The van der Waals surface area contributed by atoms with Crippen LogP contribution in [0.15, 0.2) is 18.5 Å². The van der Waals surface area contributed by atoms with Crippen LogP contribution in [0.25, 0.3) is 0 Å². The molecule has 0 fully saturated rings. The average Bonchev–Trinajstić information content (AvgIpc) is 2.15. The molecule has 12 heavy (non-hydrogen) atoms. The predicted molar refractivity (Wildman–Crippen MR) is 45.1 cm³/mol. The second-order valence-electron chi connectivity index (χ2n) is 2.43. The zero-order chi connectivity index (χ0) is 8.81. The first kappa shape index (κ1) is 8.69. The lowest BCUT2D eigenvalue weighted by Crippen LogP contribution is -1.97. The summed E-state index contributed by atoms with van der Waals surface area (Å²) in [5, 5.41) is 16.7. The molecule has 0 aliphatic heterocycles. The SMILES string of the molecule is C#CCCC(O)c1ccnnc1. The Kier molecular flexibility index (Phi) is 3.24. The number of aliphatic hydroxyl groups is 1. The van der Waals surface area contributed by atoms with E-state index in [2.05, 4.69) is 16.1 Å². The minimum Gasteiger partial charge on any atom is -0.388 e. The highest BCUT2D eigenvalue weighted by Crippen LogP contribution is 2.15. The number of hydrogen-bond donors (Lipinski definition) is 1. The second kappa shape index (κ2) is 4.47. The molecule has 0 saturated heterocycles. The van der Waals surface area contributed by atoms with E-state index >= 15 is 0 Å². The number of terminal acetylenes is 1. The van der Waals surface area contributed by atoms with Gasteiger partial charge in [0.15, 0.2) is 0 Å². The first-order valence-corrected chi connectivity index (χ1v) is 3.72. The maximum atomic E-state index is 9.49. The summed E-state index contributed by atoms with van der Waals surface area (Å²) in [5.74, 6) is 2.47. The first-order valence-electron chi connectivity index (χ1n) is 3.72. The number of rotatable bonds is 3. The minimum absolute atomic E-state index is 0.517. The van der Waals surface area contributed by atoms with Crippen molar-refractivity contribution < 1.29 is 5.11 Å². The van der Waals surface area contributed by atoms with Gasteiger partial charge in [-0.15, -0.1) is 12.3 Å². The van der Waals surface area contributed by atoms with Crippen molar-refractivity contribution in [2.45, 2.75) is 18.9 Å². The number of aliphatic hydroxyl groups excluding tert-OH is 1. The van der Waals surface area contributed by atoms with Crippen LogP contribution in [0, 0.1) is 12.3 Å². The number of aromatic nitrogens is 2. The smallest absolute Gasteiger partial charge is 0.0815 e. The zero-order valence-electron chi connectivity index (χ0n) is 6.64. The summed E-state index contributed by atoms with van der Waals surface area (Å²) >= 11 is 0. The monoisotopic (exact) mass is 162 g/mol. The van der Waals surface area contributed by atoms with Crippen LogP contribution in [0.2, 0.25) is 0 Å². The number of nitrogens with zero attached hydrogens (tertiary/aromatic N) is 2. The van der Waals surface area contributed by atoms with Crippen molar-refractivity contribution in [3.63, 3.8) is 0 Å². The molecule has 0 saturated carbocycles. The van der Waals surface area contributed by atoms with Gasteiger partial charge in [-0.05, 0) is 12.5 Å². The topological polar surface area (TPSA) is 46.0 Å². The highest BCUT2D eigenvalue weighted by Gasteiger charge is 2.05. The quantitative estimate of drug-likeness (QED) is 0.672. The van der Waals surface area contributed by atoms with Crippen molar-refractivity contribution in [2.75, 3.05) is 0 Å². The van der Waals surface area contributed by atoms with Crippen LogP contribution in [0.4, 0.5) is 0 Å². The van der Waals surface area contributed by atoms with Gasteiger partial charge in [0.2, 0.25) is 0 Å². The lowest BCUT2D eigenvalue weighted by atomic mass is 10.1. The minimum atomic E-state index is -0.517. The Balaban J connectivity index is 2.55. The number of hydrogen-bond acceptors (Lipinski definition) is 3. The molecule has 1 atom stereocenters. The average molecular weight is 162 g/mol. The fourth-order valence-electron chi connectivity index (χ4n) is 0.885. The van der Waals surface area contributed by atoms with E-state index in [1.54, 1.807) is 18.5 Å². The summed E-state index contributed by atoms with van der Waals surface area (Å²) in [7, 11) is 0. The van der Waals surface area contributed by atoms with Crippen LogP contribution >= 0.6 is 0 Å². The summed E-state index contributed by atoms with van der Waals surface area (Å²) < 4.78 is 0. The van der Waals surface area contributed by atoms with Crippen LogP contribution in [0.1, 0.15) is 24.5 Å². The third-order valence-corrected chi connectivity index (χ3v) is 1.55. The van der Waals surface area contributed by atoms with E-state index < -0.39 is 6.10 Å². The van der Waals surface area contributed by atoms with Crippen molar-refractivity contribution in [1.82, 2.24) is 10.2 Å². The van der Waals surface area contributed by atoms with Gasteiger partial charge < -0.3 is 5.11 Å². The van der Waals surface area contributed by atoms with Gasteiger partial charge in [-0.25, -0.2) is 0 Å². The Hall–Kier alpha value is -1.40. The molecule has 1 unspecified atom stereocenters. The molecule has 3 heteroatoms. The van der Waals surface area contributed by atoms with Gasteiger partial charge in [-0.3, -0.25) is 0 Å². The summed E-state index contributed by atoms with van der Waals surface area (Å²) in [6, 6.07) is 1.73. The lowest BCUT2D eigenvalue weighted by Gasteiger charge is -2.06.